The molecule has 0 radical (unpaired) electrons. The molecular formula is C11H15N3O2. The van der Waals surface area contributed by atoms with Crippen molar-refractivity contribution >= 4 is 11.8 Å². The van der Waals surface area contributed by atoms with Gasteiger partial charge in [-0.05, 0) is 25.8 Å². The topological polar surface area (TPSA) is 55.3 Å². The average molecular weight is 221 g/mol. The number of carbonyl (C=O) groups is 1. The van der Waals surface area contributed by atoms with Gasteiger partial charge in [-0.15, -0.1) is 0 Å². The van der Waals surface area contributed by atoms with Crippen LogP contribution in [0.1, 0.15) is 19.8 Å². The monoisotopic (exact) mass is 221 g/mol. The van der Waals surface area contributed by atoms with E-state index in [1.54, 1.807) is 6.20 Å². The SMILES string of the molecule is CCOC(=O)C1CCCN1c1ccncn1. The van der Waals surface area contributed by atoms with Gasteiger partial charge in [-0.2, -0.15) is 0 Å². The maximum atomic E-state index is 11.7. The van der Waals surface area contributed by atoms with Crippen LogP contribution >= 0.6 is 0 Å². The molecule has 5 heteroatoms. The number of rotatable bonds is 3. The van der Waals surface area contributed by atoms with Crippen molar-refractivity contribution < 1.29 is 9.53 Å². The van der Waals surface area contributed by atoms with Crippen LogP contribution in [-0.2, 0) is 9.53 Å². The lowest BCUT2D eigenvalue weighted by molar-refractivity contribution is -0.144. The molecular weight excluding hydrogens is 206 g/mol. The van der Waals surface area contributed by atoms with E-state index in [0.717, 1.165) is 25.2 Å². The molecule has 0 aliphatic carbocycles. The van der Waals surface area contributed by atoms with Crippen molar-refractivity contribution in [3.63, 3.8) is 0 Å². The summed E-state index contributed by atoms with van der Waals surface area (Å²) in [6, 6.07) is 1.63. The Morgan fingerprint density at radius 3 is 3.25 bits per heavy atom. The minimum atomic E-state index is -0.185. The molecule has 1 aromatic heterocycles. The molecule has 1 aliphatic rings. The third kappa shape index (κ3) is 2.13. The lowest BCUT2D eigenvalue weighted by Gasteiger charge is -2.23. The largest absolute Gasteiger partial charge is 0.464 e. The van der Waals surface area contributed by atoms with Gasteiger partial charge in [-0.1, -0.05) is 0 Å². The van der Waals surface area contributed by atoms with Gasteiger partial charge in [0.1, 0.15) is 18.2 Å². The number of ether oxygens (including phenoxy) is 1. The van der Waals surface area contributed by atoms with Gasteiger partial charge in [0, 0.05) is 12.7 Å². The van der Waals surface area contributed by atoms with Crippen molar-refractivity contribution in [1.82, 2.24) is 9.97 Å². The van der Waals surface area contributed by atoms with Gasteiger partial charge in [-0.3, -0.25) is 0 Å². The van der Waals surface area contributed by atoms with Gasteiger partial charge < -0.3 is 9.64 Å². The van der Waals surface area contributed by atoms with Crippen LogP contribution in [0, 0.1) is 0 Å². The summed E-state index contributed by atoms with van der Waals surface area (Å²) < 4.78 is 5.05. The van der Waals surface area contributed by atoms with Crippen LogP contribution in [0.15, 0.2) is 18.6 Å². The molecule has 5 nitrogen and oxygen atoms in total. The second-order valence-electron chi connectivity index (χ2n) is 3.67. The van der Waals surface area contributed by atoms with E-state index in [-0.39, 0.29) is 12.0 Å². The van der Waals surface area contributed by atoms with Crippen LogP contribution in [0.2, 0.25) is 0 Å². The van der Waals surface area contributed by atoms with Crippen LogP contribution < -0.4 is 4.90 Å². The molecule has 0 bridgehead atoms. The minimum absolute atomic E-state index is 0.154. The Labute approximate surface area is 94.5 Å². The van der Waals surface area contributed by atoms with Crippen molar-refractivity contribution in [3.8, 4) is 0 Å². The number of carbonyl (C=O) groups excluding carboxylic acids is 1. The van der Waals surface area contributed by atoms with Crippen LogP contribution in [0.3, 0.4) is 0 Å². The third-order valence-corrected chi connectivity index (χ3v) is 2.67. The van der Waals surface area contributed by atoms with Crippen molar-refractivity contribution in [3.05, 3.63) is 18.6 Å². The van der Waals surface area contributed by atoms with Gasteiger partial charge in [0.05, 0.1) is 6.61 Å². The molecule has 0 amide bonds. The lowest BCUT2D eigenvalue weighted by atomic mass is 10.2. The third-order valence-electron chi connectivity index (χ3n) is 2.67. The summed E-state index contributed by atoms with van der Waals surface area (Å²) in [6.45, 7) is 3.09. The normalized spacial score (nSPS) is 19.8. The van der Waals surface area contributed by atoms with Crippen molar-refractivity contribution in [2.45, 2.75) is 25.8 Å². The molecule has 1 unspecified atom stereocenters. The van der Waals surface area contributed by atoms with E-state index in [1.165, 1.54) is 6.33 Å². The van der Waals surface area contributed by atoms with E-state index in [0.29, 0.717) is 6.61 Å². The zero-order valence-electron chi connectivity index (χ0n) is 9.30. The first-order chi connectivity index (χ1) is 7.83. The fourth-order valence-corrected chi connectivity index (χ4v) is 1.98. The number of esters is 1. The first kappa shape index (κ1) is 10.9. The van der Waals surface area contributed by atoms with Gasteiger partial charge in [-0.25, -0.2) is 14.8 Å². The number of hydrogen-bond acceptors (Lipinski definition) is 5. The van der Waals surface area contributed by atoms with E-state index < -0.39 is 0 Å². The Bertz CT molecular complexity index is 356. The van der Waals surface area contributed by atoms with Crippen molar-refractivity contribution in [2.24, 2.45) is 0 Å². The first-order valence-corrected chi connectivity index (χ1v) is 5.52. The summed E-state index contributed by atoms with van der Waals surface area (Å²) in [6.07, 6.45) is 5.01. The zero-order chi connectivity index (χ0) is 11.4. The number of aromatic nitrogens is 2. The molecule has 2 rings (SSSR count). The smallest absolute Gasteiger partial charge is 0.328 e. The maximum Gasteiger partial charge on any atom is 0.328 e. The quantitative estimate of drug-likeness (QED) is 0.713. The Balaban J connectivity index is 2.12. The molecule has 16 heavy (non-hydrogen) atoms. The van der Waals surface area contributed by atoms with Gasteiger partial charge in [0.15, 0.2) is 0 Å². The van der Waals surface area contributed by atoms with Crippen LogP contribution in [-0.4, -0.2) is 35.1 Å². The summed E-state index contributed by atoms with van der Waals surface area (Å²) >= 11 is 0. The second-order valence-corrected chi connectivity index (χ2v) is 3.67. The number of hydrogen-bond donors (Lipinski definition) is 0. The van der Waals surface area contributed by atoms with E-state index >= 15 is 0 Å². The number of nitrogens with zero attached hydrogens (tertiary/aromatic N) is 3. The van der Waals surface area contributed by atoms with Crippen molar-refractivity contribution in [2.75, 3.05) is 18.1 Å². The highest BCUT2D eigenvalue weighted by Crippen LogP contribution is 2.23. The van der Waals surface area contributed by atoms with Gasteiger partial charge >= 0.3 is 5.97 Å². The maximum absolute atomic E-state index is 11.7. The van der Waals surface area contributed by atoms with Gasteiger partial charge in [0.25, 0.3) is 0 Å². The Hall–Kier alpha value is -1.65. The lowest BCUT2D eigenvalue weighted by Crippen LogP contribution is -2.37. The molecule has 0 saturated carbocycles. The van der Waals surface area contributed by atoms with Gasteiger partial charge in [0.2, 0.25) is 0 Å². The molecule has 86 valence electrons. The summed E-state index contributed by atoms with van der Waals surface area (Å²) in [4.78, 5) is 21.7. The predicted octanol–water partition coefficient (Wildman–Crippen LogP) is 1.01. The van der Waals surface area contributed by atoms with Crippen LogP contribution in [0.5, 0.6) is 0 Å². The second kappa shape index (κ2) is 4.92. The average Bonchev–Trinajstić information content (AvgIpc) is 2.79. The predicted molar refractivity (Wildman–Crippen MR) is 59.0 cm³/mol. The molecule has 1 fully saturated rings. The molecule has 1 aromatic rings. The fraction of sp³-hybridized carbons (Fsp3) is 0.545. The Kier molecular flexibility index (Phi) is 3.34. The molecule has 0 spiro atoms. The highest BCUT2D eigenvalue weighted by Gasteiger charge is 2.32. The van der Waals surface area contributed by atoms with Crippen LogP contribution in [0.4, 0.5) is 5.82 Å². The highest BCUT2D eigenvalue weighted by molar-refractivity contribution is 5.80. The van der Waals surface area contributed by atoms with E-state index in [1.807, 2.05) is 17.9 Å². The summed E-state index contributed by atoms with van der Waals surface area (Å²) in [7, 11) is 0. The Morgan fingerprint density at radius 2 is 2.56 bits per heavy atom. The number of anilines is 1. The Morgan fingerprint density at radius 1 is 1.69 bits per heavy atom. The molecule has 1 atom stereocenters. The molecule has 0 aromatic carbocycles. The molecule has 2 heterocycles. The molecule has 1 saturated heterocycles. The molecule has 0 N–H and O–H groups in total. The van der Waals surface area contributed by atoms with Crippen LogP contribution in [0.25, 0.3) is 0 Å². The highest BCUT2D eigenvalue weighted by atomic mass is 16.5. The standard InChI is InChI=1S/C11H15N3O2/c1-2-16-11(15)9-4-3-7-14(9)10-5-6-12-8-13-10/h5-6,8-9H,2-4,7H2,1H3. The summed E-state index contributed by atoms with van der Waals surface area (Å²) in [5.41, 5.74) is 0. The fourth-order valence-electron chi connectivity index (χ4n) is 1.98. The summed E-state index contributed by atoms with van der Waals surface area (Å²) in [5.74, 6) is 0.643. The van der Waals surface area contributed by atoms with E-state index in [9.17, 15) is 4.79 Å². The van der Waals surface area contributed by atoms with E-state index in [2.05, 4.69) is 9.97 Å². The molecule has 1 aliphatic heterocycles. The zero-order valence-corrected chi connectivity index (χ0v) is 9.30. The van der Waals surface area contributed by atoms with E-state index in [4.69, 9.17) is 4.74 Å². The first-order valence-electron chi connectivity index (χ1n) is 5.52. The summed E-state index contributed by atoms with van der Waals surface area (Å²) in [5, 5.41) is 0. The van der Waals surface area contributed by atoms with Crippen molar-refractivity contribution in [1.29, 1.82) is 0 Å². The minimum Gasteiger partial charge on any atom is -0.464 e.